The average molecular weight is 1050 g/mol. The number of anilines is 6. The van der Waals surface area contributed by atoms with Crippen LogP contribution in [0.1, 0.15) is 127 Å². The van der Waals surface area contributed by atoms with Crippen LogP contribution in [0, 0.1) is 0 Å². The normalized spacial score (nSPS) is 13.6. The fourth-order valence-electron chi connectivity index (χ4n) is 13.7. The molecule has 0 saturated carbocycles. The second-order valence-electron chi connectivity index (χ2n) is 26.3. The van der Waals surface area contributed by atoms with E-state index < -0.39 is 5.41 Å². The maximum Gasteiger partial charge on any atom is 0.160 e. The third-order valence-electron chi connectivity index (χ3n) is 17.9. The number of nitrogens with zero attached hydrogens (tertiary/aromatic N) is 2. The minimum absolute atomic E-state index is 0.0138. The van der Waals surface area contributed by atoms with E-state index in [-0.39, 0.29) is 16.2 Å². The number of furan rings is 1. The molecule has 2 aliphatic carbocycles. The Balaban J connectivity index is 1.12. The van der Waals surface area contributed by atoms with Crippen molar-refractivity contribution in [2.24, 2.45) is 0 Å². The first-order chi connectivity index (χ1) is 38.9. The lowest BCUT2D eigenvalue weighted by molar-refractivity contribution is 0.590. The van der Waals surface area contributed by atoms with Crippen LogP contribution >= 0.6 is 0 Å². The molecular formula is C78H70N2O. The molecule has 3 heteroatoms. The van der Waals surface area contributed by atoms with E-state index >= 15 is 0 Å². The molecule has 1 aromatic heterocycles. The Kier molecular flexibility index (Phi) is 11.3. The Morgan fingerprint density at radius 3 is 1.33 bits per heavy atom. The molecule has 0 radical (unpaired) electrons. The molecule has 0 fully saturated rings. The van der Waals surface area contributed by atoms with Gasteiger partial charge in [-0.25, -0.2) is 0 Å². The molecule has 398 valence electrons. The fraction of sp³-hybridized carbons (Fsp3) is 0.205. The van der Waals surface area contributed by atoms with Gasteiger partial charge in [0.15, 0.2) is 5.58 Å². The maximum absolute atomic E-state index is 7.42. The summed E-state index contributed by atoms with van der Waals surface area (Å²) in [6.45, 7) is 25.2. The van der Waals surface area contributed by atoms with Gasteiger partial charge in [0.05, 0.1) is 11.1 Å². The van der Waals surface area contributed by atoms with Gasteiger partial charge in [0.25, 0.3) is 0 Å². The van der Waals surface area contributed by atoms with Gasteiger partial charge in [0, 0.05) is 39.2 Å². The highest BCUT2D eigenvalue weighted by atomic mass is 16.3. The van der Waals surface area contributed by atoms with Crippen molar-refractivity contribution in [3.63, 3.8) is 0 Å². The van der Waals surface area contributed by atoms with Gasteiger partial charge >= 0.3 is 0 Å². The smallest absolute Gasteiger partial charge is 0.160 e. The summed E-state index contributed by atoms with van der Waals surface area (Å²) in [6.07, 6.45) is 0. The van der Waals surface area contributed by atoms with Crippen LogP contribution in [0.15, 0.2) is 223 Å². The summed E-state index contributed by atoms with van der Waals surface area (Å²) in [4.78, 5) is 4.92. The van der Waals surface area contributed by atoms with Gasteiger partial charge in [-0.05, 0) is 183 Å². The summed E-state index contributed by atoms with van der Waals surface area (Å²) in [5.74, 6) is 0.426. The van der Waals surface area contributed by atoms with Gasteiger partial charge in [-0.3, -0.25) is 0 Å². The second kappa shape index (κ2) is 18.2. The molecule has 11 aromatic carbocycles. The van der Waals surface area contributed by atoms with E-state index in [1.165, 1.54) is 88.3 Å². The van der Waals surface area contributed by atoms with Crippen LogP contribution in [0.4, 0.5) is 34.1 Å². The lowest BCUT2D eigenvalue weighted by Gasteiger charge is -2.33. The lowest BCUT2D eigenvalue weighted by atomic mass is 9.69. The van der Waals surface area contributed by atoms with Crippen molar-refractivity contribution in [1.82, 2.24) is 0 Å². The first-order valence-corrected chi connectivity index (χ1v) is 29.1. The van der Waals surface area contributed by atoms with E-state index in [0.717, 1.165) is 56.1 Å². The molecule has 81 heavy (non-hydrogen) atoms. The van der Waals surface area contributed by atoms with E-state index in [9.17, 15) is 0 Å². The summed E-state index contributed by atoms with van der Waals surface area (Å²) < 4.78 is 7.42. The van der Waals surface area contributed by atoms with Crippen molar-refractivity contribution in [3.8, 4) is 22.3 Å². The van der Waals surface area contributed by atoms with Crippen molar-refractivity contribution in [1.29, 1.82) is 0 Å². The van der Waals surface area contributed by atoms with E-state index in [0.29, 0.717) is 5.92 Å². The van der Waals surface area contributed by atoms with Gasteiger partial charge in [-0.2, -0.15) is 0 Å². The SMILES string of the molecule is CC(C)c1ccc(N(c2ccc(C(C)(C)C)cc2)c2ccc3c4c(c5ccccc5c3c2)-c2c(cc(N(c3ccc(C(C)(C)C)cc3)c3ccc(C(C)(C)C)cc3)c3oc5ccccc5c23)C42c3ccccc3-c3ccccc32)cc1. The summed E-state index contributed by atoms with van der Waals surface area (Å²) >= 11 is 0. The fourth-order valence-corrected chi connectivity index (χ4v) is 13.7. The Morgan fingerprint density at radius 2 is 0.815 bits per heavy atom. The van der Waals surface area contributed by atoms with Crippen LogP contribution in [-0.2, 0) is 21.7 Å². The molecule has 0 aliphatic heterocycles. The van der Waals surface area contributed by atoms with Crippen molar-refractivity contribution < 1.29 is 4.42 Å². The summed E-state index contributed by atoms with van der Waals surface area (Å²) in [5.41, 5.74) is 23.0. The van der Waals surface area contributed by atoms with Gasteiger partial charge in [0.1, 0.15) is 5.58 Å². The van der Waals surface area contributed by atoms with Crippen LogP contribution in [0.25, 0.3) is 65.7 Å². The summed E-state index contributed by atoms with van der Waals surface area (Å²) in [7, 11) is 0. The molecule has 0 saturated heterocycles. The summed E-state index contributed by atoms with van der Waals surface area (Å²) in [5, 5.41) is 7.15. The zero-order chi connectivity index (χ0) is 55.9. The number of hydrogen-bond acceptors (Lipinski definition) is 3. The number of rotatable bonds is 7. The molecular weight excluding hydrogens is 981 g/mol. The van der Waals surface area contributed by atoms with Crippen LogP contribution in [0.3, 0.4) is 0 Å². The monoisotopic (exact) mass is 1050 g/mol. The van der Waals surface area contributed by atoms with Crippen molar-refractivity contribution in [3.05, 3.63) is 263 Å². The van der Waals surface area contributed by atoms with Gasteiger partial charge in [-0.15, -0.1) is 0 Å². The number of hydrogen-bond donors (Lipinski definition) is 0. The van der Waals surface area contributed by atoms with Crippen molar-refractivity contribution in [2.45, 2.75) is 104 Å². The standard InChI is InChI=1S/C78H70N2O/c1-48(2)49-28-36-53(37-29-49)79(54-38-30-50(31-39-54)75(3,4)5)57-44-45-62-64(46-57)58-20-12-13-23-61(58)70-72-67(78(73(62)70)65-25-17-14-21-59(65)60-22-15-18-26-66(60)78)47-68(74-71(72)63-24-16-19-27-69(63)81-74)80(55-40-32-51(33-41-55)76(6,7)8)56-42-34-52(35-43-56)77(9,10)11/h12-48H,1-11H3. The molecule has 0 bridgehead atoms. The molecule has 12 aromatic rings. The molecule has 1 heterocycles. The Morgan fingerprint density at radius 1 is 0.370 bits per heavy atom. The average Bonchev–Trinajstić information content (AvgIpc) is 1.94. The van der Waals surface area contributed by atoms with Gasteiger partial charge in [-0.1, -0.05) is 222 Å². The van der Waals surface area contributed by atoms with Crippen LogP contribution in [0.2, 0.25) is 0 Å². The molecule has 1 spiro atoms. The number of benzene rings is 11. The molecule has 0 unspecified atom stereocenters. The lowest BCUT2D eigenvalue weighted by Crippen LogP contribution is -2.26. The Bertz CT molecular complexity index is 4350. The minimum atomic E-state index is -0.726. The number of fused-ring (bicyclic) bond motifs is 19. The van der Waals surface area contributed by atoms with Crippen LogP contribution in [0.5, 0.6) is 0 Å². The molecule has 0 N–H and O–H groups in total. The molecule has 3 nitrogen and oxygen atoms in total. The zero-order valence-electron chi connectivity index (χ0n) is 48.7. The molecule has 0 amide bonds. The third-order valence-corrected chi connectivity index (χ3v) is 17.9. The van der Waals surface area contributed by atoms with Crippen molar-refractivity contribution >= 4 is 77.6 Å². The Hall–Kier alpha value is -8.66. The second-order valence-corrected chi connectivity index (χ2v) is 26.3. The highest BCUT2D eigenvalue weighted by Gasteiger charge is 2.54. The first kappa shape index (κ1) is 50.6. The first-order valence-electron chi connectivity index (χ1n) is 29.1. The van der Waals surface area contributed by atoms with Crippen LogP contribution < -0.4 is 9.80 Å². The largest absolute Gasteiger partial charge is 0.454 e. The quantitative estimate of drug-likeness (QED) is 0.148. The minimum Gasteiger partial charge on any atom is -0.454 e. The van der Waals surface area contributed by atoms with Gasteiger partial charge in [0.2, 0.25) is 0 Å². The molecule has 2 aliphatic rings. The van der Waals surface area contributed by atoms with E-state index in [1.807, 2.05) is 0 Å². The van der Waals surface area contributed by atoms with E-state index in [2.05, 4.69) is 304 Å². The predicted octanol–water partition coefficient (Wildman–Crippen LogP) is 22.2. The summed E-state index contributed by atoms with van der Waals surface area (Å²) in [6, 6.07) is 83.1. The molecule has 0 atom stereocenters. The predicted molar refractivity (Wildman–Crippen MR) is 345 cm³/mol. The Labute approximate surface area is 478 Å². The highest BCUT2D eigenvalue weighted by molar-refractivity contribution is 6.27. The highest BCUT2D eigenvalue weighted by Crippen LogP contribution is 2.68. The van der Waals surface area contributed by atoms with Gasteiger partial charge < -0.3 is 14.2 Å². The van der Waals surface area contributed by atoms with E-state index in [1.54, 1.807) is 0 Å². The van der Waals surface area contributed by atoms with Crippen LogP contribution in [-0.4, -0.2) is 0 Å². The number of para-hydroxylation sites is 1. The third kappa shape index (κ3) is 7.75. The topological polar surface area (TPSA) is 19.6 Å². The molecule has 14 rings (SSSR count). The van der Waals surface area contributed by atoms with E-state index in [4.69, 9.17) is 4.42 Å². The zero-order valence-corrected chi connectivity index (χ0v) is 48.7. The van der Waals surface area contributed by atoms with Crippen molar-refractivity contribution in [2.75, 3.05) is 9.80 Å². The maximum atomic E-state index is 7.42.